The minimum Gasteiger partial charge on any atom is -0.381 e. The van der Waals surface area contributed by atoms with Crippen LogP contribution in [0.1, 0.15) is 5.56 Å². The molecule has 3 nitrogen and oxygen atoms in total. The van der Waals surface area contributed by atoms with Gasteiger partial charge in [0.1, 0.15) is 6.26 Å². The normalized spacial score (nSPS) is 10.1. The molecule has 72 valence electrons. The van der Waals surface area contributed by atoms with Crippen molar-refractivity contribution in [2.24, 2.45) is 0 Å². The molecule has 4 heteroatoms. The lowest BCUT2D eigenvalue weighted by atomic mass is 10.3. The molecule has 0 amide bonds. The summed E-state index contributed by atoms with van der Waals surface area (Å²) in [5, 5.41) is 7.56. The highest BCUT2D eigenvalue weighted by atomic mass is 35.5. The van der Waals surface area contributed by atoms with Crippen molar-refractivity contribution in [3.8, 4) is 0 Å². The number of hydrogen-bond donors (Lipinski definition) is 1. The Hall–Kier alpha value is -1.48. The lowest BCUT2D eigenvalue weighted by Gasteiger charge is -2.03. The van der Waals surface area contributed by atoms with Gasteiger partial charge in [0.15, 0.2) is 0 Å². The van der Waals surface area contributed by atoms with Crippen molar-refractivity contribution in [1.29, 1.82) is 0 Å². The highest BCUT2D eigenvalue weighted by Gasteiger charge is 1.95. The fourth-order valence-corrected chi connectivity index (χ4v) is 1.21. The van der Waals surface area contributed by atoms with Crippen LogP contribution in [0.2, 0.25) is 5.02 Å². The zero-order valence-electron chi connectivity index (χ0n) is 7.40. The van der Waals surface area contributed by atoms with Crippen molar-refractivity contribution < 1.29 is 4.52 Å². The largest absolute Gasteiger partial charge is 0.381 e. The molecule has 0 fully saturated rings. The van der Waals surface area contributed by atoms with Crippen LogP contribution in [0.5, 0.6) is 0 Å². The number of rotatable bonds is 3. The van der Waals surface area contributed by atoms with Crippen molar-refractivity contribution in [2.45, 2.75) is 6.54 Å². The molecular weight excluding hydrogens is 200 g/mol. The molecule has 1 heterocycles. The second kappa shape index (κ2) is 4.15. The van der Waals surface area contributed by atoms with E-state index in [2.05, 4.69) is 10.5 Å². The first-order valence-electron chi connectivity index (χ1n) is 4.22. The maximum absolute atomic E-state index is 5.76. The van der Waals surface area contributed by atoms with Crippen molar-refractivity contribution in [1.82, 2.24) is 5.16 Å². The van der Waals surface area contributed by atoms with Gasteiger partial charge in [0, 0.05) is 22.8 Å². The van der Waals surface area contributed by atoms with Crippen LogP contribution in [-0.2, 0) is 6.54 Å². The summed E-state index contributed by atoms with van der Waals surface area (Å²) in [6, 6.07) is 7.54. The molecule has 0 atom stereocenters. The summed E-state index contributed by atoms with van der Waals surface area (Å²) in [6.45, 7) is 0.700. The van der Waals surface area contributed by atoms with Gasteiger partial charge in [-0.05, 0) is 24.3 Å². The third-order valence-corrected chi connectivity index (χ3v) is 2.08. The summed E-state index contributed by atoms with van der Waals surface area (Å²) in [5.41, 5.74) is 2.04. The molecule has 0 radical (unpaired) electrons. The van der Waals surface area contributed by atoms with Crippen LogP contribution in [0, 0.1) is 0 Å². The first-order chi connectivity index (χ1) is 6.84. The van der Waals surface area contributed by atoms with E-state index in [1.165, 1.54) is 0 Å². The Kier molecular flexibility index (Phi) is 2.70. The summed E-state index contributed by atoms with van der Waals surface area (Å²) >= 11 is 5.76. The van der Waals surface area contributed by atoms with Crippen LogP contribution in [-0.4, -0.2) is 5.16 Å². The first-order valence-corrected chi connectivity index (χ1v) is 4.60. The average molecular weight is 209 g/mol. The van der Waals surface area contributed by atoms with Crippen LogP contribution in [0.4, 0.5) is 5.69 Å². The zero-order valence-corrected chi connectivity index (χ0v) is 8.16. The molecule has 1 aromatic carbocycles. The van der Waals surface area contributed by atoms with Gasteiger partial charge < -0.3 is 9.84 Å². The Balaban J connectivity index is 1.95. The van der Waals surface area contributed by atoms with Gasteiger partial charge in [-0.25, -0.2) is 0 Å². The maximum Gasteiger partial charge on any atom is 0.128 e. The quantitative estimate of drug-likeness (QED) is 0.843. The fourth-order valence-electron chi connectivity index (χ4n) is 1.09. The van der Waals surface area contributed by atoms with Gasteiger partial charge >= 0.3 is 0 Å². The Bertz CT molecular complexity index is 383. The van der Waals surface area contributed by atoms with Gasteiger partial charge in [0.25, 0.3) is 0 Å². The Morgan fingerprint density at radius 2 is 2.07 bits per heavy atom. The smallest absolute Gasteiger partial charge is 0.128 e. The molecule has 0 saturated heterocycles. The highest BCUT2D eigenvalue weighted by Crippen LogP contribution is 2.14. The number of nitrogens with one attached hydrogen (secondary N) is 1. The Labute approximate surface area is 86.7 Å². The zero-order chi connectivity index (χ0) is 9.80. The molecule has 0 aliphatic carbocycles. The van der Waals surface area contributed by atoms with Crippen molar-refractivity contribution in [3.63, 3.8) is 0 Å². The molecule has 1 N–H and O–H groups in total. The summed E-state index contributed by atoms with van der Waals surface area (Å²) < 4.78 is 4.71. The summed E-state index contributed by atoms with van der Waals surface area (Å²) in [6.07, 6.45) is 3.30. The van der Waals surface area contributed by atoms with Crippen LogP contribution in [0.25, 0.3) is 0 Å². The molecule has 0 spiro atoms. The van der Waals surface area contributed by atoms with Gasteiger partial charge in [-0.3, -0.25) is 0 Å². The van der Waals surface area contributed by atoms with E-state index in [0.717, 1.165) is 16.3 Å². The third kappa shape index (κ3) is 2.26. The predicted octanol–water partition coefficient (Wildman–Crippen LogP) is 2.94. The number of nitrogens with zero attached hydrogens (tertiary/aromatic N) is 1. The summed E-state index contributed by atoms with van der Waals surface area (Å²) in [7, 11) is 0. The highest BCUT2D eigenvalue weighted by molar-refractivity contribution is 6.30. The number of benzene rings is 1. The second-order valence-corrected chi connectivity index (χ2v) is 3.33. The van der Waals surface area contributed by atoms with Crippen molar-refractivity contribution in [2.75, 3.05) is 5.32 Å². The van der Waals surface area contributed by atoms with Gasteiger partial charge in [-0.2, -0.15) is 0 Å². The number of aromatic nitrogens is 1. The Morgan fingerprint density at radius 3 is 2.71 bits per heavy atom. The van der Waals surface area contributed by atoms with Crippen LogP contribution in [0.15, 0.2) is 41.2 Å². The molecule has 0 bridgehead atoms. The topological polar surface area (TPSA) is 38.1 Å². The molecule has 0 aliphatic rings. The number of halogens is 1. The van der Waals surface area contributed by atoms with Gasteiger partial charge in [-0.15, -0.1) is 0 Å². The van der Waals surface area contributed by atoms with Crippen LogP contribution < -0.4 is 5.32 Å². The van der Waals surface area contributed by atoms with E-state index in [1.807, 2.05) is 24.3 Å². The van der Waals surface area contributed by atoms with E-state index < -0.39 is 0 Å². The molecule has 2 aromatic rings. The van der Waals surface area contributed by atoms with Gasteiger partial charge in [0.2, 0.25) is 0 Å². The summed E-state index contributed by atoms with van der Waals surface area (Å²) in [4.78, 5) is 0. The van der Waals surface area contributed by atoms with E-state index >= 15 is 0 Å². The maximum atomic E-state index is 5.76. The van der Waals surface area contributed by atoms with Crippen LogP contribution >= 0.6 is 11.6 Å². The average Bonchev–Trinajstić information content (AvgIpc) is 2.70. The fraction of sp³-hybridized carbons (Fsp3) is 0.100. The van der Waals surface area contributed by atoms with Gasteiger partial charge in [-0.1, -0.05) is 16.8 Å². The molecule has 0 aliphatic heterocycles. The number of anilines is 1. The minimum atomic E-state index is 0.700. The van der Waals surface area contributed by atoms with E-state index in [0.29, 0.717) is 6.54 Å². The molecular formula is C10H9ClN2O. The SMILES string of the molecule is Clc1ccc(NCc2cnoc2)cc1. The number of hydrogen-bond acceptors (Lipinski definition) is 3. The monoisotopic (exact) mass is 208 g/mol. The standard InChI is InChI=1S/C10H9ClN2O/c11-9-1-3-10(4-2-9)12-5-8-6-13-14-7-8/h1-4,6-7,12H,5H2. The Morgan fingerprint density at radius 1 is 1.29 bits per heavy atom. The van der Waals surface area contributed by atoms with E-state index in [1.54, 1.807) is 12.5 Å². The van der Waals surface area contributed by atoms with Gasteiger partial charge in [0.05, 0.1) is 6.20 Å². The molecule has 0 unspecified atom stereocenters. The van der Waals surface area contributed by atoms with Crippen molar-refractivity contribution in [3.05, 3.63) is 47.3 Å². The minimum absolute atomic E-state index is 0.700. The molecule has 2 rings (SSSR count). The third-order valence-electron chi connectivity index (χ3n) is 1.82. The van der Waals surface area contributed by atoms with Crippen LogP contribution in [0.3, 0.4) is 0 Å². The van der Waals surface area contributed by atoms with E-state index in [-0.39, 0.29) is 0 Å². The van der Waals surface area contributed by atoms with E-state index in [4.69, 9.17) is 16.1 Å². The first kappa shape index (κ1) is 9.09. The lowest BCUT2D eigenvalue weighted by molar-refractivity contribution is 0.419. The van der Waals surface area contributed by atoms with E-state index in [9.17, 15) is 0 Å². The molecule has 14 heavy (non-hydrogen) atoms. The molecule has 1 aromatic heterocycles. The second-order valence-electron chi connectivity index (χ2n) is 2.89. The molecule has 0 saturated carbocycles. The predicted molar refractivity (Wildman–Crippen MR) is 55.3 cm³/mol. The lowest BCUT2D eigenvalue weighted by Crippen LogP contribution is -1.97. The summed E-state index contributed by atoms with van der Waals surface area (Å²) in [5.74, 6) is 0. The van der Waals surface area contributed by atoms with Crippen molar-refractivity contribution >= 4 is 17.3 Å².